The SMILES string of the molecule is O=C(c1cc(Cc2n[nH]c(=O)c3ccccc23)ccc1F)N1CCN(I)CC1. The Morgan fingerprint density at radius 1 is 1.11 bits per heavy atom. The van der Waals surface area contributed by atoms with Crippen molar-refractivity contribution >= 4 is 39.5 Å². The summed E-state index contributed by atoms with van der Waals surface area (Å²) in [5, 5.41) is 7.98. The standard InChI is InChI=1S/C20H18FIN4O2/c21-17-6-5-13(11-16(17)20(28)25-7-9-26(22)10-8-25)12-18-14-3-1-2-4-15(14)19(27)24-23-18/h1-6,11H,7-10,12H2,(H,24,27). The van der Waals surface area contributed by atoms with E-state index in [1.165, 1.54) is 6.07 Å². The predicted octanol–water partition coefficient (Wildman–Crippen LogP) is 2.76. The van der Waals surface area contributed by atoms with Gasteiger partial charge in [0.25, 0.3) is 11.5 Å². The van der Waals surface area contributed by atoms with Crippen LogP contribution in [-0.2, 0) is 6.42 Å². The number of aromatic amines is 1. The molecule has 1 aromatic heterocycles. The molecule has 6 nitrogen and oxygen atoms in total. The Balaban J connectivity index is 1.64. The summed E-state index contributed by atoms with van der Waals surface area (Å²) >= 11 is 2.23. The van der Waals surface area contributed by atoms with Crippen LogP contribution < -0.4 is 5.56 Å². The topological polar surface area (TPSA) is 69.3 Å². The van der Waals surface area contributed by atoms with Gasteiger partial charge in [0, 0.05) is 60.9 Å². The number of carbonyl (C=O) groups excluding carboxylic acids is 1. The lowest BCUT2D eigenvalue weighted by Gasteiger charge is -2.31. The first kappa shape index (κ1) is 19.0. The molecule has 8 heteroatoms. The maximum atomic E-state index is 14.4. The molecule has 0 bridgehead atoms. The molecule has 0 atom stereocenters. The van der Waals surface area contributed by atoms with Crippen molar-refractivity contribution in [1.29, 1.82) is 0 Å². The van der Waals surface area contributed by atoms with E-state index in [0.29, 0.717) is 30.6 Å². The molecule has 0 unspecified atom stereocenters. The van der Waals surface area contributed by atoms with Crippen LogP contribution >= 0.6 is 22.9 Å². The largest absolute Gasteiger partial charge is 0.336 e. The summed E-state index contributed by atoms with van der Waals surface area (Å²) in [7, 11) is 0. The Kier molecular flexibility index (Phi) is 5.40. The molecule has 4 rings (SSSR count). The van der Waals surface area contributed by atoms with E-state index in [1.807, 2.05) is 12.1 Å². The lowest BCUT2D eigenvalue weighted by Crippen LogP contribution is -2.45. The van der Waals surface area contributed by atoms with E-state index in [1.54, 1.807) is 29.2 Å². The minimum absolute atomic E-state index is 0.0770. The van der Waals surface area contributed by atoms with Crippen LogP contribution in [0.15, 0.2) is 47.3 Å². The van der Waals surface area contributed by atoms with Crippen LogP contribution in [0.3, 0.4) is 0 Å². The van der Waals surface area contributed by atoms with Gasteiger partial charge in [0.15, 0.2) is 0 Å². The second kappa shape index (κ2) is 7.96. The number of halogens is 2. The van der Waals surface area contributed by atoms with E-state index in [-0.39, 0.29) is 17.0 Å². The van der Waals surface area contributed by atoms with Crippen LogP contribution in [0.4, 0.5) is 4.39 Å². The third-order valence-corrected chi connectivity index (χ3v) is 5.88. The van der Waals surface area contributed by atoms with Gasteiger partial charge in [0.2, 0.25) is 0 Å². The molecular weight excluding hydrogens is 474 g/mol. The molecule has 1 fully saturated rings. The zero-order valence-corrected chi connectivity index (χ0v) is 17.1. The van der Waals surface area contributed by atoms with Gasteiger partial charge in [-0.2, -0.15) is 5.10 Å². The highest BCUT2D eigenvalue weighted by Crippen LogP contribution is 2.20. The summed E-state index contributed by atoms with van der Waals surface area (Å²) in [6, 6.07) is 11.8. The van der Waals surface area contributed by atoms with E-state index < -0.39 is 5.82 Å². The Morgan fingerprint density at radius 2 is 1.82 bits per heavy atom. The summed E-state index contributed by atoms with van der Waals surface area (Å²) in [6.45, 7) is 2.69. The van der Waals surface area contributed by atoms with Crippen molar-refractivity contribution in [3.05, 3.63) is 75.5 Å². The first-order valence-electron chi connectivity index (χ1n) is 8.97. The van der Waals surface area contributed by atoms with Gasteiger partial charge in [-0.05, 0) is 23.8 Å². The number of rotatable bonds is 3. The van der Waals surface area contributed by atoms with Crippen LogP contribution in [0.2, 0.25) is 0 Å². The number of hydrogen-bond donors (Lipinski definition) is 1. The van der Waals surface area contributed by atoms with Crippen molar-refractivity contribution in [2.45, 2.75) is 6.42 Å². The van der Waals surface area contributed by atoms with E-state index in [2.05, 4.69) is 36.2 Å². The molecule has 0 aliphatic carbocycles. The summed E-state index contributed by atoms with van der Waals surface area (Å²) in [5.74, 6) is -0.812. The summed E-state index contributed by atoms with van der Waals surface area (Å²) in [6.07, 6.45) is 0.388. The monoisotopic (exact) mass is 492 g/mol. The van der Waals surface area contributed by atoms with Crippen LogP contribution in [-0.4, -0.2) is 50.3 Å². The highest BCUT2D eigenvalue weighted by Gasteiger charge is 2.23. The minimum atomic E-state index is -0.523. The molecule has 3 aromatic rings. The van der Waals surface area contributed by atoms with Gasteiger partial charge in [-0.25, -0.2) is 12.6 Å². The van der Waals surface area contributed by atoms with Crippen molar-refractivity contribution in [3.63, 3.8) is 0 Å². The number of H-pyrrole nitrogens is 1. The molecule has 1 aliphatic heterocycles. The maximum Gasteiger partial charge on any atom is 0.272 e. The Hall–Kier alpha value is -2.33. The maximum absolute atomic E-state index is 14.4. The van der Waals surface area contributed by atoms with Crippen LogP contribution in [0.1, 0.15) is 21.6 Å². The van der Waals surface area contributed by atoms with Gasteiger partial charge in [-0.15, -0.1) is 0 Å². The van der Waals surface area contributed by atoms with E-state index in [4.69, 9.17) is 0 Å². The average molecular weight is 492 g/mol. The second-order valence-corrected chi connectivity index (χ2v) is 8.10. The van der Waals surface area contributed by atoms with Gasteiger partial charge < -0.3 is 4.90 Å². The molecule has 1 saturated heterocycles. The van der Waals surface area contributed by atoms with Crippen molar-refractivity contribution in [2.75, 3.05) is 26.2 Å². The average Bonchev–Trinajstić information content (AvgIpc) is 2.72. The summed E-state index contributed by atoms with van der Waals surface area (Å²) < 4.78 is 16.5. The second-order valence-electron chi connectivity index (χ2n) is 6.74. The zero-order valence-electron chi connectivity index (χ0n) is 15.0. The molecule has 144 valence electrons. The number of aromatic nitrogens is 2. The van der Waals surface area contributed by atoms with Gasteiger partial charge >= 0.3 is 0 Å². The molecule has 0 saturated carbocycles. The molecule has 2 aromatic carbocycles. The van der Waals surface area contributed by atoms with E-state index in [0.717, 1.165) is 24.0 Å². The van der Waals surface area contributed by atoms with Crippen molar-refractivity contribution in [2.24, 2.45) is 0 Å². The predicted molar refractivity (Wildman–Crippen MR) is 113 cm³/mol. The fourth-order valence-electron chi connectivity index (χ4n) is 3.40. The third-order valence-electron chi connectivity index (χ3n) is 4.92. The van der Waals surface area contributed by atoms with Gasteiger partial charge in [-0.3, -0.25) is 9.59 Å². The number of nitrogens with zero attached hydrogens (tertiary/aromatic N) is 3. The van der Waals surface area contributed by atoms with Crippen molar-refractivity contribution < 1.29 is 9.18 Å². The molecule has 0 radical (unpaired) electrons. The summed E-state index contributed by atoms with van der Waals surface area (Å²) in [5.41, 5.74) is 1.28. The quantitative estimate of drug-likeness (QED) is 0.451. The normalized spacial score (nSPS) is 15.1. The lowest BCUT2D eigenvalue weighted by atomic mass is 10.0. The number of carbonyl (C=O) groups is 1. The smallest absolute Gasteiger partial charge is 0.272 e. The lowest BCUT2D eigenvalue weighted by molar-refractivity contribution is 0.0706. The van der Waals surface area contributed by atoms with Crippen LogP contribution in [0.5, 0.6) is 0 Å². The molecular formula is C20H18FIN4O2. The highest BCUT2D eigenvalue weighted by molar-refractivity contribution is 14.1. The van der Waals surface area contributed by atoms with E-state index in [9.17, 15) is 14.0 Å². The van der Waals surface area contributed by atoms with Gasteiger partial charge in [0.05, 0.1) is 16.6 Å². The number of hydrogen-bond acceptors (Lipinski definition) is 4. The molecule has 1 amide bonds. The minimum Gasteiger partial charge on any atom is -0.336 e. The van der Waals surface area contributed by atoms with Gasteiger partial charge in [-0.1, -0.05) is 24.3 Å². The number of amides is 1. The molecule has 0 spiro atoms. The molecule has 1 N–H and O–H groups in total. The fraction of sp³-hybridized carbons (Fsp3) is 0.250. The highest BCUT2D eigenvalue weighted by atomic mass is 127. The summed E-state index contributed by atoms with van der Waals surface area (Å²) in [4.78, 5) is 26.4. The van der Waals surface area contributed by atoms with Crippen LogP contribution in [0, 0.1) is 5.82 Å². The first-order valence-corrected chi connectivity index (χ1v) is 9.94. The van der Waals surface area contributed by atoms with Crippen molar-refractivity contribution in [1.82, 2.24) is 18.2 Å². The Labute approximate surface area is 174 Å². The van der Waals surface area contributed by atoms with Gasteiger partial charge in [0.1, 0.15) is 5.82 Å². The fourth-order valence-corrected chi connectivity index (χ4v) is 3.83. The van der Waals surface area contributed by atoms with E-state index >= 15 is 0 Å². The third kappa shape index (κ3) is 3.79. The first-order chi connectivity index (χ1) is 13.5. The molecule has 28 heavy (non-hydrogen) atoms. The number of nitrogens with one attached hydrogen (secondary N) is 1. The number of piperazine rings is 1. The Bertz CT molecular complexity index is 1090. The zero-order chi connectivity index (χ0) is 19.7. The molecule has 1 aliphatic rings. The number of fused-ring (bicyclic) bond motifs is 1. The van der Waals surface area contributed by atoms with Crippen LogP contribution in [0.25, 0.3) is 10.8 Å². The Morgan fingerprint density at radius 3 is 2.57 bits per heavy atom. The number of benzene rings is 2. The van der Waals surface area contributed by atoms with Crippen molar-refractivity contribution in [3.8, 4) is 0 Å². The molecule has 2 heterocycles.